The molecule has 2 aromatic rings. The van der Waals surface area contributed by atoms with Gasteiger partial charge >= 0.3 is 0 Å². The van der Waals surface area contributed by atoms with Gasteiger partial charge in [-0.1, -0.05) is 0 Å². The SMILES string of the molecule is COc1ccc(-c2cncc(C(N)=O)c2)c(OC)c1OC. The average Bonchev–Trinajstić information content (AvgIpc) is 2.53. The summed E-state index contributed by atoms with van der Waals surface area (Å²) in [5.41, 5.74) is 7.03. The number of aromatic nitrogens is 1. The Balaban J connectivity index is 2.63. The van der Waals surface area contributed by atoms with E-state index in [0.29, 0.717) is 28.4 Å². The van der Waals surface area contributed by atoms with Crippen molar-refractivity contribution in [2.75, 3.05) is 21.3 Å². The molecule has 0 fully saturated rings. The highest BCUT2D eigenvalue weighted by Gasteiger charge is 2.17. The standard InChI is InChI=1S/C15H16N2O4/c1-19-12-5-4-11(13(20-2)14(12)21-3)9-6-10(15(16)18)8-17-7-9/h4-8H,1-3H3,(H2,16,18). The van der Waals surface area contributed by atoms with Crippen molar-refractivity contribution >= 4 is 5.91 Å². The fourth-order valence-corrected chi connectivity index (χ4v) is 2.05. The molecule has 0 saturated carbocycles. The van der Waals surface area contributed by atoms with Crippen LogP contribution in [0.4, 0.5) is 0 Å². The first-order valence-electron chi connectivity index (χ1n) is 6.16. The first-order chi connectivity index (χ1) is 10.1. The number of hydrogen-bond acceptors (Lipinski definition) is 5. The van der Waals surface area contributed by atoms with Crippen LogP contribution in [0, 0.1) is 0 Å². The van der Waals surface area contributed by atoms with Crippen LogP contribution in [0.15, 0.2) is 30.6 Å². The number of ether oxygens (including phenoxy) is 3. The summed E-state index contributed by atoms with van der Waals surface area (Å²) >= 11 is 0. The third kappa shape index (κ3) is 2.74. The Kier molecular flexibility index (Phi) is 4.27. The molecule has 0 atom stereocenters. The van der Waals surface area contributed by atoms with Crippen LogP contribution in [-0.4, -0.2) is 32.2 Å². The van der Waals surface area contributed by atoms with E-state index in [9.17, 15) is 4.79 Å². The van der Waals surface area contributed by atoms with Crippen molar-refractivity contribution in [3.05, 3.63) is 36.2 Å². The minimum Gasteiger partial charge on any atom is -0.493 e. The van der Waals surface area contributed by atoms with Gasteiger partial charge in [-0.3, -0.25) is 9.78 Å². The molecule has 2 N–H and O–H groups in total. The predicted molar refractivity (Wildman–Crippen MR) is 77.8 cm³/mol. The first kappa shape index (κ1) is 14.6. The van der Waals surface area contributed by atoms with Crippen molar-refractivity contribution < 1.29 is 19.0 Å². The highest BCUT2D eigenvalue weighted by molar-refractivity contribution is 5.94. The summed E-state index contributed by atoms with van der Waals surface area (Å²) in [5.74, 6) is 0.989. The van der Waals surface area contributed by atoms with Crippen LogP contribution >= 0.6 is 0 Å². The molecular formula is C15H16N2O4. The Bertz CT molecular complexity index is 671. The fraction of sp³-hybridized carbons (Fsp3) is 0.200. The predicted octanol–water partition coefficient (Wildman–Crippen LogP) is 1.87. The number of amides is 1. The number of nitrogens with two attached hydrogens (primary N) is 1. The molecule has 0 bridgehead atoms. The lowest BCUT2D eigenvalue weighted by Crippen LogP contribution is -2.11. The van der Waals surface area contributed by atoms with E-state index >= 15 is 0 Å². The number of pyridine rings is 1. The number of methoxy groups -OCH3 is 3. The highest BCUT2D eigenvalue weighted by Crippen LogP contribution is 2.44. The molecule has 110 valence electrons. The van der Waals surface area contributed by atoms with Crippen molar-refractivity contribution in [3.63, 3.8) is 0 Å². The molecule has 0 radical (unpaired) electrons. The lowest BCUT2D eigenvalue weighted by atomic mass is 10.0. The summed E-state index contributed by atoms with van der Waals surface area (Å²) in [6.07, 6.45) is 3.04. The third-order valence-electron chi connectivity index (χ3n) is 3.04. The van der Waals surface area contributed by atoms with Crippen LogP contribution in [-0.2, 0) is 0 Å². The van der Waals surface area contributed by atoms with Gasteiger partial charge in [0.1, 0.15) is 0 Å². The van der Waals surface area contributed by atoms with E-state index in [1.165, 1.54) is 20.4 Å². The molecule has 1 aromatic carbocycles. The van der Waals surface area contributed by atoms with E-state index in [0.717, 1.165) is 5.56 Å². The van der Waals surface area contributed by atoms with Gasteiger partial charge in [0.15, 0.2) is 11.5 Å². The minimum atomic E-state index is -0.538. The maximum Gasteiger partial charge on any atom is 0.250 e. The van der Waals surface area contributed by atoms with Crippen molar-refractivity contribution in [2.45, 2.75) is 0 Å². The van der Waals surface area contributed by atoms with Crippen LogP contribution in [0.5, 0.6) is 17.2 Å². The molecule has 0 spiro atoms. The van der Waals surface area contributed by atoms with Crippen LogP contribution < -0.4 is 19.9 Å². The van der Waals surface area contributed by atoms with Crippen LogP contribution in [0.25, 0.3) is 11.1 Å². The number of carbonyl (C=O) groups is 1. The molecule has 6 nitrogen and oxygen atoms in total. The molecular weight excluding hydrogens is 272 g/mol. The summed E-state index contributed by atoms with van der Waals surface area (Å²) in [4.78, 5) is 15.3. The number of hydrogen-bond donors (Lipinski definition) is 1. The number of carbonyl (C=O) groups excluding carboxylic acids is 1. The molecule has 0 aliphatic heterocycles. The average molecular weight is 288 g/mol. The number of benzene rings is 1. The van der Waals surface area contributed by atoms with E-state index < -0.39 is 5.91 Å². The van der Waals surface area contributed by atoms with Gasteiger partial charge in [-0.05, 0) is 18.2 Å². The van der Waals surface area contributed by atoms with E-state index in [4.69, 9.17) is 19.9 Å². The molecule has 21 heavy (non-hydrogen) atoms. The van der Waals surface area contributed by atoms with Crippen molar-refractivity contribution in [2.24, 2.45) is 5.73 Å². The van der Waals surface area contributed by atoms with Crippen molar-refractivity contribution in [1.29, 1.82) is 0 Å². The second kappa shape index (κ2) is 6.13. The zero-order valence-corrected chi connectivity index (χ0v) is 12.0. The fourth-order valence-electron chi connectivity index (χ4n) is 2.05. The second-order valence-corrected chi connectivity index (χ2v) is 4.21. The minimum absolute atomic E-state index is 0.323. The molecule has 1 amide bonds. The molecule has 6 heteroatoms. The normalized spacial score (nSPS) is 10.0. The molecule has 0 unspecified atom stereocenters. The number of nitrogens with zero attached hydrogens (tertiary/aromatic N) is 1. The lowest BCUT2D eigenvalue weighted by molar-refractivity contribution is 0.1000. The van der Waals surface area contributed by atoms with Gasteiger partial charge in [-0.2, -0.15) is 0 Å². The summed E-state index contributed by atoms with van der Waals surface area (Å²) in [7, 11) is 4.61. The van der Waals surface area contributed by atoms with E-state index in [1.807, 2.05) is 6.07 Å². The summed E-state index contributed by atoms with van der Waals surface area (Å²) in [6.45, 7) is 0. The smallest absolute Gasteiger partial charge is 0.250 e. The van der Waals surface area contributed by atoms with Gasteiger partial charge < -0.3 is 19.9 Å². The third-order valence-corrected chi connectivity index (χ3v) is 3.04. The topological polar surface area (TPSA) is 83.7 Å². The Morgan fingerprint density at radius 3 is 2.33 bits per heavy atom. The van der Waals surface area contributed by atoms with Gasteiger partial charge in [0, 0.05) is 23.5 Å². The van der Waals surface area contributed by atoms with Gasteiger partial charge in [0.05, 0.1) is 26.9 Å². The van der Waals surface area contributed by atoms with Gasteiger partial charge in [0.25, 0.3) is 0 Å². The van der Waals surface area contributed by atoms with Crippen LogP contribution in [0.3, 0.4) is 0 Å². The van der Waals surface area contributed by atoms with Gasteiger partial charge in [0.2, 0.25) is 11.7 Å². The first-order valence-corrected chi connectivity index (χ1v) is 6.16. The Hall–Kier alpha value is -2.76. The zero-order chi connectivity index (χ0) is 15.4. The van der Waals surface area contributed by atoms with Crippen LogP contribution in [0.2, 0.25) is 0 Å². The largest absolute Gasteiger partial charge is 0.493 e. The van der Waals surface area contributed by atoms with E-state index in [2.05, 4.69) is 4.98 Å². The van der Waals surface area contributed by atoms with Gasteiger partial charge in [-0.25, -0.2) is 0 Å². The van der Waals surface area contributed by atoms with Gasteiger partial charge in [-0.15, -0.1) is 0 Å². The molecule has 1 heterocycles. The Morgan fingerprint density at radius 2 is 1.76 bits per heavy atom. The number of primary amides is 1. The monoisotopic (exact) mass is 288 g/mol. The Labute approximate surface area is 122 Å². The molecule has 0 aliphatic rings. The van der Waals surface area contributed by atoms with E-state index in [-0.39, 0.29) is 0 Å². The second-order valence-electron chi connectivity index (χ2n) is 4.21. The quantitative estimate of drug-likeness (QED) is 0.908. The highest BCUT2D eigenvalue weighted by atomic mass is 16.5. The lowest BCUT2D eigenvalue weighted by Gasteiger charge is -2.15. The summed E-state index contributed by atoms with van der Waals surface area (Å²) in [5, 5.41) is 0. The van der Waals surface area contributed by atoms with Crippen molar-refractivity contribution in [3.8, 4) is 28.4 Å². The maximum atomic E-state index is 11.3. The van der Waals surface area contributed by atoms with E-state index in [1.54, 1.807) is 25.4 Å². The van der Waals surface area contributed by atoms with Crippen LogP contribution in [0.1, 0.15) is 10.4 Å². The molecule has 0 aliphatic carbocycles. The molecule has 1 aromatic heterocycles. The zero-order valence-electron chi connectivity index (χ0n) is 12.0. The molecule has 0 saturated heterocycles. The Morgan fingerprint density at radius 1 is 1.05 bits per heavy atom. The van der Waals surface area contributed by atoms with Crippen molar-refractivity contribution in [1.82, 2.24) is 4.98 Å². The summed E-state index contributed by atoms with van der Waals surface area (Å²) in [6, 6.07) is 5.22. The summed E-state index contributed by atoms with van der Waals surface area (Å²) < 4.78 is 16.0. The maximum absolute atomic E-state index is 11.3. The molecule has 2 rings (SSSR count). The number of rotatable bonds is 5.